The Bertz CT molecular complexity index is 384. The molecule has 0 radical (unpaired) electrons. The second-order valence-corrected chi connectivity index (χ2v) is 5.43. The van der Waals surface area contributed by atoms with E-state index in [4.69, 9.17) is 5.11 Å². The lowest BCUT2D eigenvalue weighted by Crippen LogP contribution is -2.10. The van der Waals surface area contributed by atoms with Gasteiger partial charge in [-0.3, -0.25) is 9.59 Å². The fourth-order valence-electron chi connectivity index (χ4n) is 2.28. The van der Waals surface area contributed by atoms with Crippen molar-refractivity contribution >= 4 is 11.8 Å². The number of unbranched alkanes of at least 4 members (excludes halogenated alkanes) is 3. The SMILES string of the molecule is CC1C(=O)C=CC1C=CC(O)CCCCCCC(=O)O. The van der Waals surface area contributed by atoms with Crippen LogP contribution < -0.4 is 0 Å². The van der Waals surface area contributed by atoms with Crippen molar-refractivity contribution in [2.45, 2.75) is 51.6 Å². The van der Waals surface area contributed by atoms with Gasteiger partial charge in [0.05, 0.1) is 6.10 Å². The van der Waals surface area contributed by atoms with E-state index in [9.17, 15) is 14.7 Å². The monoisotopic (exact) mass is 280 g/mol. The van der Waals surface area contributed by atoms with Gasteiger partial charge in [-0.2, -0.15) is 0 Å². The summed E-state index contributed by atoms with van der Waals surface area (Å²) in [6, 6.07) is 0. The molecule has 0 fully saturated rings. The first-order valence-corrected chi connectivity index (χ1v) is 7.31. The van der Waals surface area contributed by atoms with Crippen molar-refractivity contribution < 1.29 is 19.8 Å². The third-order valence-electron chi connectivity index (χ3n) is 3.70. The molecule has 1 rings (SSSR count). The van der Waals surface area contributed by atoms with Crippen molar-refractivity contribution in [1.29, 1.82) is 0 Å². The van der Waals surface area contributed by atoms with E-state index in [-0.39, 0.29) is 24.0 Å². The molecule has 20 heavy (non-hydrogen) atoms. The van der Waals surface area contributed by atoms with E-state index in [0.29, 0.717) is 12.8 Å². The highest BCUT2D eigenvalue weighted by Gasteiger charge is 2.23. The van der Waals surface area contributed by atoms with Gasteiger partial charge in [0.2, 0.25) is 0 Å². The molecule has 4 nitrogen and oxygen atoms in total. The van der Waals surface area contributed by atoms with Gasteiger partial charge in [0.15, 0.2) is 5.78 Å². The molecule has 112 valence electrons. The van der Waals surface area contributed by atoms with Crippen LogP contribution in [0.1, 0.15) is 45.4 Å². The molecule has 0 aromatic carbocycles. The number of hydrogen-bond donors (Lipinski definition) is 2. The summed E-state index contributed by atoms with van der Waals surface area (Å²) in [5.74, 6) is -0.518. The average Bonchev–Trinajstić information content (AvgIpc) is 2.71. The molecule has 0 bridgehead atoms. The van der Waals surface area contributed by atoms with Crippen LogP contribution in [0.2, 0.25) is 0 Å². The molecule has 0 saturated carbocycles. The van der Waals surface area contributed by atoms with Crippen LogP contribution in [0, 0.1) is 11.8 Å². The van der Waals surface area contributed by atoms with Crippen LogP contribution in [0.25, 0.3) is 0 Å². The predicted molar refractivity (Wildman–Crippen MR) is 77.3 cm³/mol. The number of rotatable bonds is 9. The van der Waals surface area contributed by atoms with E-state index in [1.54, 1.807) is 12.2 Å². The first kappa shape index (κ1) is 16.6. The van der Waals surface area contributed by atoms with E-state index in [1.807, 2.05) is 19.1 Å². The van der Waals surface area contributed by atoms with Gasteiger partial charge in [-0.05, 0) is 18.9 Å². The summed E-state index contributed by atoms with van der Waals surface area (Å²) in [6.07, 6.45) is 11.0. The molecule has 1 aliphatic rings. The van der Waals surface area contributed by atoms with Crippen LogP contribution in [-0.4, -0.2) is 28.1 Å². The molecular formula is C16H24O4. The summed E-state index contributed by atoms with van der Waals surface area (Å²) in [4.78, 5) is 21.6. The van der Waals surface area contributed by atoms with Crippen LogP contribution in [0.15, 0.2) is 24.3 Å². The summed E-state index contributed by atoms with van der Waals surface area (Å²) in [6.45, 7) is 1.90. The van der Waals surface area contributed by atoms with Crippen LogP contribution in [-0.2, 0) is 9.59 Å². The fourth-order valence-corrected chi connectivity index (χ4v) is 2.28. The van der Waals surface area contributed by atoms with Gasteiger partial charge in [-0.25, -0.2) is 0 Å². The van der Waals surface area contributed by atoms with Gasteiger partial charge >= 0.3 is 5.97 Å². The Morgan fingerprint density at radius 1 is 1.35 bits per heavy atom. The first-order valence-electron chi connectivity index (χ1n) is 7.31. The minimum atomic E-state index is -0.749. The molecule has 0 spiro atoms. The van der Waals surface area contributed by atoms with Crippen LogP contribution in [0.3, 0.4) is 0 Å². The molecule has 0 aromatic heterocycles. The lowest BCUT2D eigenvalue weighted by molar-refractivity contribution is -0.137. The number of carboxylic acid groups (broad SMARTS) is 1. The van der Waals surface area contributed by atoms with E-state index in [2.05, 4.69) is 0 Å². The lowest BCUT2D eigenvalue weighted by Gasteiger charge is -2.10. The van der Waals surface area contributed by atoms with Crippen LogP contribution in [0.4, 0.5) is 0 Å². The number of carbonyl (C=O) groups excluding carboxylic acids is 1. The Balaban J connectivity index is 2.11. The molecule has 1 aliphatic carbocycles. The Labute approximate surface area is 120 Å². The molecule has 3 unspecified atom stereocenters. The van der Waals surface area contributed by atoms with Crippen molar-refractivity contribution in [2.75, 3.05) is 0 Å². The molecule has 0 aromatic rings. The average molecular weight is 280 g/mol. The number of aliphatic hydroxyl groups is 1. The summed E-state index contributed by atoms with van der Waals surface area (Å²) >= 11 is 0. The topological polar surface area (TPSA) is 74.6 Å². The van der Waals surface area contributed by atoms with E-state index in [0.717, 1.165) is 19.3 Å². The number of carboxylic acids is 1. The second-order valence-electron chi connectivity index (χ2n) is 5.43. The highest BCUT2D eigenvalue weighted by atomic mass is 16.4. The zero-order valence-corrected chi connectivity index (χ0v) is 12.0. The first-order chi connectivity index (χ1) is 9.50. The smallest absolute Gasteiger partial charge is 0.303 e. The zero-order valence-electron chi connectivity index (χ0n) is 12.0. The van der Waals surface area contributed by atoms with Crippen LogP contribution in [0.5, 0.6) is 0 Å². The predicted octanol–water partition coefficient (Wildman–Crippen LogP) is 2.72. The molecule has 0 saturated heterocycles. The number of allylic oxidation sites excluding steroid dienone is 3. The van der Waals surface area contributed by atoms with Crippen molar-refractivity contribution in [1.82, 2.24) is 0 Å². The highest BCUT2D eigenvalue weighted by Crippen LogP contribution is 2.23. The van der Waals surface area contributed by atoms with Gasteiger partial charge in [0, 0.05) is 18.3 Å². The summed E-state index contributed by atoms with van der Waals surface area (Å²) in [5, 5.41) is 18.3. The Morgan fingerprint density at radius 3 is 2.65 bits per heavy atom. The molecule has 0 amide bonds. The molecule has 3 atom stereocenters. The van der Waals surface area contributed by atoms with Gasteiger partial charge in [0.1, 0.15) is 0 Å². The molecule has 2 N–H and O–H groups in total. The van der Waals surface area contributed by atoms with Crippen molar-refractivity contribution in [3.63, 3.8) is 0 Å². The normalized spacial score (nSPS) is 23.6. The molecule has 4 heteroatoms. The molecular weight excluding hydrogens is 256 g/mol. The summed E-state index contributed by atoms with van der Waals surface area (Å²) in [7, 11) is 0. The quantitative estimate of drug-likeness (QED) is 0.503. The minimum absolute atomic E-state index is 0.0190. The van der Waals surface area contributed by atoms with Gasteiger partial charge in [-0.15, -0.1) is 0 Å². The van der Waals surface area contributed by atoms with E-state index in [1.165, 1.54) is 0 Å². The number of aliphatic hydroxyl groups excluding tert-OH is 1. The lowest BCUT2D eigenvalue weighted by atomic mass is 9.96. The summed E-state index contributed by atoms with van der Waals surface area (Å²) < 4.78 is 0. The van der Waals surface area contributed by atoms with Crippen molar-refractivity contribution in [3.05, 3.63) is 24.3 Å². The third kappa shape index (κ3) is 6.15. The minimum Gasteiger partial charge on any atom is -0.481 e. The number of aliphatic carboxylic acids is 1. The molecule has 0 aliphatic heterocycles. The largest absolute Gasteiger partial charge is 0.481 e. The van der Waals surface area contributed by atoms with E-state index >= 15 is 0 Å². The Hall–Kier alpha value is -1.42. The van der Waals surface area contributed by atoms with Crippen molar-refractivity contribution in [2.24, 2.45) is 11.8 Å². The standard InChI is InChI=1S/C16H24O4/c1-12-13(9-11-15(12)18)8-10-14(17)6-4-2-3-5-7-16(19)20/h8-14,17H,2-7H2,1H3,(H,19,20). The van der Waals surface area contributed by atoms with E-state index < -0.39 is 12.1 Å². The fraction of sp³-hybridized carbons (Fsp3) is 0.625. The maximum atomic E-state index is 11.3. The zero-order chi connectivity index (χ0) is 15.0. The second kappa shape index (κ2) is 8.69. The number of hydrogen-bond acceptors (Lipinski definition) is 3. The third-order valence-corrected chi connectivity index (χ3v) is 3.70. The number of carbonyl (C=O) groups is 2. The van der Waals surface area contributed by atoms with Crippen LogP contribution >= 0.6 is 0 Å². The number of ketones is 1. The van der Waals surface area contributed by atoms with Gasteiger partial charge in [-0.1, -0.05) is 44.4 Å². The Morgan fingerprint density at radius 2 is 2.05 bits per heavy atom. The van der Waals surface area contributed by atoms with Gasteiger partial charge < -0.3 is 10.2 Å². The van der Waals surface area contributed by atoms with Gasteiger partial charge in [0.25, 0.3) is 0 Å². The maximum absolute atomic E-state index is 11.3. The summed E-state index contributed by atoms with van der Waals surface area (Å²) in [5.41, 5.74) is 0. The Kier molecular flexibility index (Phi) is 7.23. The maximum Gasteiger partial charge on any atom is 0.303 e. The highest BCUT2D eigenvalue weighted by molar-refractivity contribution is 5.94. The molecule has 0 heterocycles. The van der Waals surface area contributed by atoms with Crippen molar-refractivity contribution in [3.8, 4) is 0 Å².